The van der Waals surface area contributed by atoms with Crippen molar-refractivity contribution in [3.05, 3.63) is 35.8 Å². The van der Waals surface area contributed by atoms with E-state index in [1.807, 2.05) is 6.07 Å². The van der Waals surface area contributed by atoms with Gasteiger partial charge in [-0.15, -0.1) is 0 Å². The Bertz CT molecular complexity index is 494. The van der Waals surface area contributed by atoms with Gasteiger partial charge in [0.2, 0.25) is 0 Å². The molecule has 2 aromatic rings. The molecule has 1 aromatic heterocycles. The third kappa shape index (κ3) is 1.91. The Hall–Kier alpha value is -1.64. The molecule has 3 heteroatoms. The van der Waals surface area contributed by atoms with Crippen LogP contribution in [0, 0.1) is 5.82 Å². The molecule has 0 unspecified atom stereocenters. The van der Waals surface area contributed by atoms with Crippen LogP contribution in [-0.2, 0) is 6.42 Å². The lowest BCUT2D eigenvalue weighted by atomic mass is 10.1. The number of pyridine rings is 1. The second-order valence-electron chi connectivity index (χ2n) is 3.61. The van der Waals surface area contributed by atoms with Crippen LogP contribution in [0.25, 0.3) is 10.9 Å². The van der Waals surface area contributed by atoms with Crippen LogP contribution >= 0.6 is 0 Å². The number of anilines is 1. The average Bonchev–Trinajstić information content (AvgIpc) is 2.20. The quantitative estimate of drug-likeness (QED) is 0.816. The molecule has 0 aliphatic rings. The number of hydrogen-bond donors (Lipinski definition) is 1. The zero-order valence-corrected chi connectivity index (χ0v) is 8.63. The zero-order valence-electron chi connectivity index (χ0n) is 8.63. The molecule has 0 fully saturated rings. The number of benzene rings is 1. The Morgan fingerprint density at radius 1 is 1.33 bits per heavy atom. The summed E-state index contributed by atoms with van der Waals surface area (Å²) in [7, 11) is 0. The molecule has 0 saturated heterocycles. The minimum Gasteiger partial charge on any atom is -0.398 e. The van der Waals surface area contributed by atoms with Crippen LogP contribution in [0.15, 0.2) is 24.3 Å². The largest absolute Gasteiger partial charge is 0.398 e. The first-order valence-corrected chi connectivity index (χ1v) is 5.05. The molecule has 0 spiro atoms. The van der Waals surface area contributed by atoms with Crippen LogP contribution in [0.5, 0.6) is 0 Å². The maximum atomic E-state index is 13.0. The van der Waals surface area contributed by atoms with E-state index in [-0.39, 0.29) is 5.82 Å². The van der Waals surface area contributed by atoms with Crippen molar-refractivity contribution in [1.29, 1.82) is 0 Å². The summed E-state index contributed by atoms with van der Waals surface area (Å²) in [6.07, 6.45) is 1.93. The molecule has 0 amide bonds. The van der Waals surface area contributed by atoms with E-state index >= 15 is 0 Å². The molecular formula is C12H13FN2. The van der Waals surface area contributed by atoms with Crippen molar-refractivity contribution < 1.29 is 4.39 Å². The smallest absolute Gasteiger partial charge is 0.124 e. The standard InChI is InChI=1S/C12H13FN2/c1-2-3-9-7-11(14)10-6-8(13)4-5-12(10)15-9/h4-7H,2-3H2,1H3,(H2,14,15). The summed E-state index contributed by atoms with van der Waals surface area (Å²) in [5.41, 5.74) is 8.18. The van der Waals surface area contributed by atoms with Crippen molar-refractivity contribution in [2.24, 2.45) is 0 Å². The van der Waals surface area contributed by atoms with E-state index in [0.717, 1.165) is 24.1 Å². The summed E-state index contributed by atoms with van der Waals surface area (Å²) < 4.78 is 13.0. The SMILES string of the molecule is CCCc1cc(N)c2cc(F)ccc2n1. The Morgan fingerprint density at radius 3 is 2.87 bits per heavy atom. The topological polar surface area (TPSA) is 38.9 Å². The molecule has 0 radical (unpaired) electrons. The first-order chi connectivity index (χ1) is 7.20. The number of fused-ring (bicyclic) bond motifs is 1. The Balaban J connectivity index is 2.62. The van der Waals surface area contributed by atoms with Gasteiger partial charge in [0.25, 0.3) is 0 Å². The van der Waals surface area contributed by atoms with Gasteiger partial charge in [-0.25, -0.2) is 4.39 Å². The van der Waals surface area contributed by atoms with Gasteiger partial charge >= 0.3 is 0 Å². The van der Waals surface area contributed by atoms with Gasteiger partial charge in [-0.2, -0.15) is 0 Å². The number of nitrogens with zero attached hydrogens (tertiary/aromatic N) is 1. The molecule has 2 nitrogen and oxygen atoms in total. The highest BCUT2D eigenvalue weighted by Gasteiger charge is 2.03. The number of rotatable bonds is 2. The van der Waals surface area contributed by atoms with E-state index in [4.69, 9.17) is 5.73 Å². The maximum Gasteiger partial charge on any atom is 0.124 e. The van der Waals surface area contributed by atoms with Gasteiger partial charge in [0.15, 0.2) is 0 Å². The summed E-state index contributed by atoms with van der Waals surface area (Å²) >= 11 is 0. The minimum absolute atomic E-state index is 0.278. The summed E-state index contributed by atoms with van der Waals surface area (Å²) in [4.78, 5) is 4.42. The van der Waals surface area contributed by atoms with Crippen molar-refractivity contribution in [1.82, 2.24) is 4.98 Å². The number of nitrogens with two attached hydrogens (primary N) is 1. The fraction of sp³-hybridized carbons (Fsp3) is 0.250. The van der Waals surface area contributed by atoms with Crippen LogP contribution in [0.2, 0.25) is 0 Å². The Morgan fingerprint density at radius 2 is 2.13 bits per heavy atom. The third-order valence-corrected chi connectivity index (χ3v) is 2.36. The maximum absolute atomic E-state index is 13.0. The van der Waals surface area contributed by atoms with Crippen LogP contribution in [0.3, 0.4) is 0 Å². The highest BCUT2D eigenvalue weighted by molar-refractivity contribution is 5.90. The number of nitrogen functional groups attached to an aromatic ring is 1. The predicted molar refractivity (Wildman–Crippen MR) is 60.1 cm³/mol. The van der Waals surface area contributed by atoms with E-state index in [9.17, 15) is 4.39 Å². The monoisotopic (exact) mass is 204 g/mol. The van der Waals surface area contributed by atoms with Crippen molar-refractivity contribution >= 4 is 16.6 Å². The van der Waals surface area contributed by atoms with Crippen molar-refractivity contribution in [2.75, 3.05) is 5.73 Å². The predicted octanol–water partition coefficient (Wildman–Crippen LogP) is 2.91. The molecule has 0 aliphatic carbocycles. The van der Waals surface area contributed by atoms with Crippen molar-refractivity contribution in [2.45, 2.75) is 19.8 Å². The molecule has 2 N–H and O–H groups in total. The molecule has 0 atom stereocenters. The number of halogens is 1. The highest BCUT2D eigenvalue weighted by Crippen LogP contribution is 2.21. The van der Waals surface area contributed by atoms with E-state index in [1.54, 1.807) is 6.07 Å². The van der Waals surface area contributed by atoms with Gasteiger partial charge in [0, 0.05) is 16.8 Å². The third-order valence-electron chi connectivity index (χ3n) is 2.36. The normalized spacial score (nSPS) is 10.8. The second kappa shape index (κ2) is 3.85. The average molecular weight is 204 g/mol. The van der Waals surface area contributed by atoms with E-state index in [2.05, 4.69) is 11.9 Å². The molecule has 15 heavy (non-hydrogen) atoms. The number of hydrogen-bond acceptors (Lipinski definition) is 2. The van der Waals surface area contributed by atoms with Crippen molar-refractivity contribution in [3.63, 3.8) is 0 Å². The van der Waals surface area contributed by atoms with Crippen LogP contribution in [0.4, 0.5) is 10.1 Å². The van der Waals surface area contributed by atoms with Gasteiger partial charge in [-0.3, -0.25) is 4.98 Å². The summed E-state index contributed by atoms with van der Waals surface area (Å²) in [6, 6.07) is 6.32. The molecule has 0 aliphatic heterocycles. The molecular weight excluding hydrogens is 191 g/mol. The van der Waals surface area contributed by atoms with Gasteiger partial charge in [-0.1, -0.05) is 13.3 Å². The van der Waals surface area contributed by atoms with E-state index < -0.39 is 0 Å². The van der Waals surface area contributed by atoms with Crippen molar-refractivity contribution in [3.8, 4) is 0 Å². The highest BCUT2D eigenvalue weighted by atomic mass is 19.1. The Labute approximate surface area is 87.9 Å². The second-order valence-corrected chi connectivity index (χ2v) is 3.61. The molecule has 78 valence electrons. The fourth-order valence-electron chi connectivity index (χ4n) is 1.67. The van der Waals surface area contributed by atoms with Crippen LogP contribution in [-0.4, -0.2) is 4.98 Å². The molecule has 1 aromatic carbocycles. The van der Waals surface area contributed by atoms with E-state index in [0.29, 0.717) is 11.1 Å². The first kappa shape index (κ1) is 9.90. The van der Waals surface area contributed by atoms with Gasteiger partial charge in [-0.05, 0) is 30.7 Å². The fourth-order valence-corrected chi connectivity index (χ4v) is 1.67. The lowest BCUT2D eigenvalue weighted by Gasteiger charge is -2.05. The van der Waals surface area contributed by atoms with Gasteiger partial charge in [0.1, 0.15) is 5.82 Å². The van der Waals surface area contributed by atoms with Gasteiger partial charge in [0.05, 0.1) is 5.52 Å². The molecule has 1 heterocycles. The number of aromatic nitrogens is 1. The molecule has 2 rings (SSSR count). The minimum atomic E-state index is -0.278. The summed E-state index contributed by atoms with van der Waals surface area (Å²) in [6.45, 7) is 2.09. The number of aryl methyl sites for hydroxylation is 1. The molecule has 0 bridgehead atoms. The Kier molecular flexibility index (Phi) is 2.54. The van der Waals surface area contributed by atoms with Gasteiger partial charge < -0.3 is 5.73 Å². The first-order valence-electron chi connectivity index (χ1n) is 5.05. The van der Waals surface area contributed by atoms with Crippen LogP contribution < -0.4 is 5.73 Å². The lowest BCUT2D eigenvalue weighted by Crippen LogP contribution is -1.95. The lowest BCUT2D eigenvalue weighted by molar-refractivity contribution is 0.629. The van der Waals surface area contributed by atoms with Crippen LogP contribution in [0.1, 0.15) is 19.0 Å². The van der Waals surface area contributed by atoms with E-state index in [1.165, 1.54) is 12.1 Å². The molecule has 0 saturated carbocycles. The zero-order chi connectivity index (χ0) is 10.8. The summed E-state index contributed by atoms with van der Waals surface area (Å²) in [5, 5.41) is 0.690. The summed E-state index contributed by atoms with van der Waals surface area (Å²) in [5.74, 6) is -0.278.